The first-order valence-electron chi connectivity index (χ1n) is 8.80. The number of amides is 2. The van der Waals surface area contributed by atoms with E-state index in [0.29, 0.717) is 0 Å². The maximum absolute atomic E-state index is 13.0. The van der Waals surface area contributed by atoms with Gasteiger partial charge in [0.2, 0.25) is 11.8 Å². The van der Waals surface area contributed by atoms with Crippen molar-refractivity contribution in [3.63, 3.8) is 0 Å². The van der Waals surface area contributed by atoms with E-state index in [2.05, 4.69) is 5.32 Å². The molecule has 2 aliphatic carbocycles. The molecule has 1 saturated carbocycles. The third kappa shape index (κ3) is 3.40. The Morgan fingerprint density at radius 2 is 2.04 bits per heavy atom. The van der Waals surface area contributed by atoms with Crippen LogP contribution in [0.15, 0.2) is 18.2 Å². The van der Waals surface area contributed by atoms with Crippen LogP contribution in [-0.4, -0.2) is 24.5 Å². The summed E-state index contributed by atoms with van der Waals surface area (Å²) in [7, 11) is 1.63. The van der Waals surface area contributed by atoms with Crippen molar-refractivity contribution in [1.29, 1.82) is 0 Å². The molecule has 0 aromatic heterocycles. The first kappa shape index (κ1) is 16.8. The molecule has 1 atom stereocenters. The molecule has 5 nitrogen and oxygen atoms in total. The van der Waals surface area contributed by atoms with Gasteiger partial charge in [-0.15, -0.1) is 0 Å². The minimum Gasteiger partial charge on any atom is -0.497 e. The molecule has 1 unspecified atom stereocenters. The molecule has 0 saturated heterocycles. The molecule has 130 valence electrons. The highest BCUT2D eigenvalue weighted by Gasteiger charge is 2.38. The van der Waals surface area contributed by atoms with Crippen LogP contribution in [0.3, 0.4) is 0 Å². The van der Waals surface area contributed by atoms with Crippen LogP contribution in [0.2, 0.25) is 0 Å². The number of methoxy groups -OCH3 is 1. The van der Waals surface area contributed by atoms with Crippen LogP contribution in [-0.2, 0) is 16.0 Å². The highest BCUT2D eigenvalue weighted by atomic mass is 16.5. The summed E-state index contributed by atoms with van der Waals surface area (Å²) in [6, 6.07) is 5.95. The fourth-order valence-electron chi connectivity index (χ4n) is 4.24. The number of nitrogens with two attached hydrogens (primary N) is 1. The largest absolute Gasteiger partial charge is 0.497 e. The van der Waals surface area contributed by atoms with Crippen LogP contribution in [0.1, 0.15) is 62.0 Å². The molecule has 0 aliphatic heterocycles. The van der Waals surface area contributed by atoms with Crippen molar-refractivity contribution in [1.82, 2.24) is 5.32 Å². The van der Waals surface area contributed by atoms with Gasteiger partial charge in [-0.05, 0) is 48.9 Å². The topological polar surface area (TPSA) is 81.4 Å². The second-order valence-corrected chi connectivity index (χ2v) is 7.13. The molecule has 24 heavy (non-hydrogen) atoms. The summed E-state index contributed by atoms with van der Waals surface area (Å²) in [4.78, 5) is 24.5. The maximum atomic E-state index is 13.0. The number of aryl methyl sites for hydroxylation is 1. The fourth-order valence-corrected chi connectivity index (χ4v) is 4.24. The zero-order chi connectivity index (χ0) is 17.2. The smallest absolute Gasteiger partial charge is 0.228 e. The summed E-state index contributed by atoms with van der Waals surface area (Å²) in [5.41, 5.74) is 7.25. The van der Waals surface area contributed by atoms with Crippen LogP contribution in [0, 0.1) is 0 Å². The Kier molecular flexibility index (Phi) is 4.78. The van der Waals surface area contributed by atoms with E-state index in [0.717, 1.165) is 56.3 Å². The van der Waals surface area contributed by atoms with E-state index in [-0.39, 0.29) is 24.2 Å². The molecule has 1 aromatic carbocycles. The van der Waals surface area contributed by atoms with Gasteiger partial charge in [-0.1, -0.05) is 25.3 Å². The van der Waals surface area contributed by atoms with E-state index in [9.17, 15) is 9.59 Å². The van der Waals surface area contributed by atoms with Gasteiger partial charge in [0, 0.05) is 12.0 Å². The summed E-state index contributed by atoms with van der Waals surface area (Å²) >= 11 is 0. The Morgan fingerprint density at radius 1 is 1.29 bits per heavy atom. The highest BCUT2D eigenvalue weighted by Crippen LogP contribution is 2.37. The van der Waals surface area contributed by atoms with Crippen molar-refractivity contribution >= 4 is 11.8 Å². The molecule has 0 spiro atoms. The quantitative estimate of drug-likeness (QED) is 0.870. The number of hydrogen-bond donors (Lipinski definition) is 2. The predicted molar refractivity (Wildman–Crippen MR) is 91.8 cm³/mol. The van der Waals surface area contributed by atoms with E-state index in [1.807, 2.05) is 18.2 Å². The van der Waals surface area contributed by atoms with Crippen molar-refractivity contribution in [3.05, 3.63) is 29.3 Å². The average molecular weight is 330 g/mol. The Bertz CT molecular complexity index is 635. The van der Waals surface area contributed by atoms with Crippen molar-refractivity contribution in [3.8, 4) is 5.75 Å². The molecule has 2 aliphatic rings. The lowest BCUT2D eigenvalue weighted by Crippen LogP contribution is -2.53. The lowest BCUT2D eigenvalue weighted by Gasteiger charge is -2.38. The number of carbonyl (C=O) groups excluding carboxylic acids is 2. The number of rotatable bonds is 5. The molecule has 0 heterocycles. The van der Waals surface area contributed by atoms with Gasteiger partial charge in [0.25, 0.3) is 0 Å². The number of ether oxygens (including phenoxy) is 1. The number of primary amides is 1. The number of benzene rings is 1. The Labute approximate surface area is 142 Å². The van der Waals surface area contributed by atoms with Gasteiger partial charge in [0.05, 0.1) is 13.0 Å². The third-order valence-corrected chi connectivity index (χ3v) is 5.46. The van der Waals surface area contributed by atoms with Crippen LogP contribution in [0.5, 0.6) is 5.75 Å². The molecular weight excluding hydrogens is 304 g/mol. The van der Waals surface area contributed by atoms with E-state index in [1.54, 1.807) is 7.11 Å². The second-order valence-electron chi connectivity index (χ2n) is 7.13. The molecular formula is C19H26N2O3. The predicted octanol–water partition coefficient (Wildman–Crippen LogP) is 2.42. The molecule has 1 aromatic rings. The first-order chi connectivity index (χ1) is 11.5. The zero-order valence-electron chi connectivity index (χ0n) is 14.3. The number of hydrogen-bond acceptors (Lipinski definition) is 3. The van der Waals surface area contributed by atoms with Crippen LogP contribution in [0.25, 0.3) is 0 Å². The van der Waals surface area contributed by atoms with Crippen LogP contribution in [0.4, 0.5) is 0 Å². The zero-order valence-corrected chi connectivity index (χ0v) is 14.3. The minimum absolute atomic E-state index is 0.0187. The van der Waals surface area contributed by atoms with Crippen LogP contribution >= 0.6 is 0 Å². The molecule has 0 radical (unpaired) electrons. The minimum atomic E-state index is -0.456. The van der Waals surface area contributed by atoms with E-state index in [1.165, 1.54) is 5.56 Å². The molecule has 1 fully saturated rings. The Hall–Kier alpha value is -2.04. The molecule has 0 bridgehead atoms. The molecule has 3 rings (SSSR count). The highest BCUT2D eigenvalue weighted by molar-refractivity contribution is 5.86. The standard InChI is InChI=1S/C19H26N2O3/c1-24-14-7-5-13-6-8-15(16(13)11-14)18(23)21-19(12-17(20)22)9-3-2-4-10-19/h5,7,11,15H,2-4,6,8-10,12H2,1H3,(H2,20,22)(H,21,23). The normalized spacial score (nSPS) is 21.8. The van der Waals surface area contributed by atoms with Gasteiger partial charge in [-0.2, -0.15) is 0 Å². The lowest BCUT2D eigenvalue weighted by atomic mass is 9.78. The second kappa shape index (κ2) is 6.83. The van der Waals surface area contributed by atoms with Crippen molar-refractivity contribution in [2.24, 2.45) is 5.73 Å². The Balaban J connectivity index is 1.78. The lowest BCUT2D eigenvalue weighted by molar-refractivity contribution is -0.126. The van der Waals surface area contributed by atoms with E-state index >= 15 is 0 Å². The van der Waals surface area contributed by atoms with E-state index in [4.69, 9.17) is 10.5 Å². The summed E-state index contributed by atoms with van der Waals surface area (Å²) in [6.45, 7) is 0. The van der Waals surface area contributed by atoms with Crippen LogP contribution < -0.4 is 15.8 Å². The van der Waals surface area contributed by atoms with Gasteiger partial charge in [0.15, 0.2) is 0 Å². The third-order valence-electron chi connectivity index (χ3n) is 5.46. The summed E-state index contributed by atoms with van der Waals surface area (Å²) in [5, 5.41) is 3.20. The SMILES string of the molecule is COc1ccc2c(c1)C(C(=O)NC1(CC(N)=O)CCCCC1)CC2. The summed E-state index contributed by atoms with van der Waals surface area (Å²) in [5.74, 6) is 0.288. The van der Waals surface area contributed by atoms with Gasteiger partial charge < -0.3 is 15.8 Å². The Morgan fingerprint density at radius 3 is 2.71 bits per heavy atom. The number of fused-ring (bicyclic) bond motifs is 1. The molecule has 5 heteroatoms. The fraction of sp³-hybridized carbons (Fsp3) is 0.579. The van der Waals surface area contributed by atoms with Crippen molar-refractivity contribution < 1.29 is 14.3 Å². The summed E-state index contributed by atoms with van der Waals surface area (Å²) in [6.07, 6.45) is 6.82. The van der Waals surface area contributed by atoms with Gasteiger partial charge in [-0.3, -0.25) is 9.59 Å². The monoisotopic (exact) mass is 330 g/mol. The number of nitrogens with one attached hydrogen (secondary N) is 1. The average Bonchev–Trinajstić information content (AvgIpc) is 2.97. The van der Waals surface area contributed by atoms with Gasteiger partial charge in [-0.25, -0.2) is 0 Å². The van der Waals surface area contributed by atoms with E-state index < -0.39 is 5.54 Å². The van der Waals surface area contributed by atoms with Crippen molar-refractivity contribution in [2.45, 2.75) is 62.8 Å². The number of carbonyl (C=O) groups is 2. The molecule has 2 amide bonds. The van der Waals surface area contributed by atoms with Gasteiger partial charge >= 0.3 is 0 Å². The molecule has 3 N–H and O–H groups in total. The first-order valence-corrected chi connectivity index (χ1v) is 8.80. The maximum Gasteiger partial charge on any atom is 0.228 e. The summed E-state index contributed by atoms with van der Waals surface area (Å²) < 4.78 is 5.30. The van der Waals surface area contributed by atoms with Crippen molar-refractivity contribution in [2.75, 3.05) is 7.11 Å². The van der Waals surface area contributed by atoms with Gasteiger partial charge in [0.1, 0.15) is 5.75 Å².